The van der Waals surface area contributed by atoms with Gasteiger partial charge >= 0.3 is 12.2 Å². The lowest BCUT2D eigenvalue weighted by atomic mass is 10.0. The lowest BCUT2D eigenvalue weighted by molar-refractivity contribution is -0.466. The van der Waals surface area contributed by atoms with Crippen molar-refractivity contribution in [2.24, 2.45) is 11.1 Å². The van der Waals surface area contributed by atoms with Crippen LogP contribution in [0.25, 0.3) is 11.3 Å². The predicted octanol–water partition coefficient (Wildman–Crippen LogP) is 5.72. The molecule has 0 saturated heterocycles. The highest BCUT2D eigenvalue weighted by molar-refractivity contribution is 5.84. The number of nitrogens with zero attached hydrogens (tertiary/aromatic N) is 3. The maximum Gasteiger partial charge on any atom is 0.459 e. The zero-order valence-corrected chi connectivity index (χ0v) is 19.0. The topological polar surface area (TPSA) is 92.6 Å². The molecule has 0 aliphatic carbocycles. The van der Waals surface area contributed by atoms with Gasteiger partial charge in [0.15, 0.2) is 0 Å². The number of aromatic nitrogens is 1. The quantitative estimate of drug-likeness (QED) is 0.208. The summed E-state index contributed by atoms with van der Waals surface area (Å²) >= 11 is 0. The number of hydrogen-bond donors (Lipinski definition) is 2. The average molecular weight is 472 g/mol. The molecule has 3 aromatic rings. The fourth-order valence-electron chi connectivity index (χ4n) is 3.39. The Kier molecular flexibility index (Phi) is 7.50. The summed E-state index contributed by atoms with van der Waals surface area (Å²) in [5.41, 5.74) is 2.33. The summed E-state index contributed by atoms with van der Waals surface area (Å²) in [4.78, 5) is 16.5. The second-order valence-electron chi connectivity index (χ2n) is 7.53. The number of carbonyl (C=O) groups is 1. The molecule has 0 aliphatic heterocycles. The second-order valence-corrected chi connectivity index (χ2v) is 7.53. The van der Waals surface area contributed by atoms with Crippen molar-refractivity contribution in [2.75, 3.05) is 12.4 Å². The molecule has 0 aliphatic rings. The Morgan fingerprint density at radius 2 is 1.91 bits per heavy atom. The van der Waals surface area contributed by atoms with E-state index in [0.29, 0.717) is 34.6 Å². The van der Waals surface area contributed by atoms with Gasteiger partial charge in [0, 0.05) is 22.0 Å². The molecule has 3 rings (SSSR count). The number of aryl methyl sites for hydroxylation is 2. The molecule has 0 radical (unpaired) electrons. The summed E-state index contributed by atoms with van der Waals surface area (Å²) in [7, 11) is 1.37. The van der Waals surface area contributed by atoms with Crippen LogP contribution in [0.15, 0.2) is 59.8 Å². The molecule has 1 aromatic heterocycles. The number of ether oxygens (including phenoxy) is 1. The molecule has 0 bridgehead atoms. The highest BCUT2D eigenvalue weighted by atomic mass is 19.4. The molecule has 0 spiro atoms. The number of hydrogen-bond acceptors (Lipinski definition) is 4. The van der Waals surface area contributed by atoms with Gasteiger partial charge in [-0.25, -0.2) is 16.0 Å². The SMILES string of the molecule is CCc1cccc(NC(=O)/[N+](C)=N\N)c1COc1ccc(-c2cccc(C)n2)cc1C(F)(F)F. The minimum atomic E-state index is -4.64. The average Bonchev–Trinajstić information content (AvgIpc) is 2.81. The molecule has 1 heterocycles. The van der Waals surface area contributed by atoms with Crippen molar-refractivity contribution in [2.45, 2.75) is 33.1 Å². The van der Waals surface area contributed by atoms with Crippen molar-refractivity contribution in [3.63, 3.8) is 0 Å². The number of halogens is 3. The Hall–Kier alpha value is -3.95. The third-order valence-electron chi connectivity index (χ3n) is 5.20. The molecule has 34 heavy (non-hydrogen) atoms. The van der Waals surface area contributed by atoms with Crippen LogP contribution in [0.3, 0.4) is 0 Å². The van der Waals surface area contributed by atoms with Crippen LogP contribution in [0, 0.1) is 6.92 Å². The van der Waals surface area contributed by atoms with E-state index in [9.17, 15) is 18.0 Å². The zero-order chi connectivity index (χ0) is 24.9. The highest BCUT2D eigenvalue weighted by Gasteiger charge is 2.35. The monoisotopic (exact) mass is 472 g/mol. The van der Waals surface area contributed by atoms with E-state index < -0.39 is 17.8 Å². The number of anilines is 1. The molecule has 10 heteroatoms. The first kappa shape index (κ1) is 24.7. The zero-order valence-electron chi connectivity index (χ0n) is 19.0. The lowest BCUT2D eigenvalue weighted by Crippen LogP contribution is -2.24. The van der Waals surface area contributed by atoms with Gasteiger partial charge in [-0.05, 0) is 55.3 Å². The van der Waals surface area contributed by atoms with Gasteiger partial charge in [-0.15, -0.1) is 4.70 Å². The number of alkyl halides is 3. The lowest BCUT2D eigenvalue weighted by Gasteiger charge is -2.17. The van der Waals surface area contributed by atoms with Crippen molar-refractivity contribution in [3.05, 3.63) is 77.0 Å². The Balaban J connectivity index is 1.95. The molecule has 0 fully saturated rings. The summed E-state index contributed by atoms with van der Waals surface area (Å²) < 4.78 is 48.2. The molecule has 3 N–H and O–H groups in total. The third-order valence-corrected chi connectivity index (χ3v) is 5.20. The van der Waals surface area contributed by atoms with Crippen molar-refractivity contribution in [1.29, 1.82) is 0 Å². The Bertz CT molecular complexity index is 1230. The number of carbonyl (C=O) groups excluding carboxylic acids is 1. The van der Waals surface area contributed by atoms with E-state index in [1.54, 1.807) is 43.3 Å². The van der Waals surface area contributed by atoms with Gasteiger partial charge in [0.1, 0.15) is 18.0 Å². The van der Waals surface area contributed by atoms with E-state index >= 15 is 0 Å². The summed E-state index contributed by atoms with van der Waals surface area (Å²) in [6.45, 7) is 3.48. The summed E-state index contributed by atoms with van der Waals surface area (Å²) in [6.07, 6.45) is -4.05. The van der Waals surface area contributed by atoms with Crippen LogP contribution in [-0.2, 0) is 19.2 Å². The van der Waals surface area contributed by atoms with Gasteiger partial charge in [0.2, 0.25) is 0 Å². The van der Waals surface area contributed by atoms with Gasteiger partial charge in [-0.3, -0.25) is 4.98 Å². The van der Waals surface area contributed by atoms with Gasteiger partial charge < -0.3 is 4.74 Å². The minimum Gasteiger partial charge on any atom is -0.488 e. The Labute approximate surface area is 195 Å². The summed E-state index contributed by atoms with van der Waals surface area (Å²) in [6, 6.07) is 13.6. The maximum absolute atomic E-state index is 13.9. The minimum absolute atomic E-state index is 0.186. The Morgan fingerprint density at radius 1 is 1.18 bits per heavy atom. The van der Waals surface area contributed by atoms with Crippen molar-refractivity contribution < 1.29 is 27.4 Å². The number of nitrogens with two attached hydrogens (primary N) is 1. The van der Waals surface area contributed by atoms with E-state index in [2.05, 4.69) is 15.5 Å². The van der Waals surface area contributed by atoms with E-state index in [0.717, 1.165) is 16.3 Å². The van der Waals surface area contributed by atoms with Crippen molar-refractivity contribution in [1.82, 2.24) is 4.98 Å². The van der Waals surface area contributed by atoms with E-state index in [-0.39, 0.29) is 12.4 Å². The van der Waals surface area contributed by atoms with Crippen LogP contribution in [0.5, 0.6) is 5.75 Å². The number of nitrogens with one attached hydrogen (secondary N) is 1. The smallest absolute Gasteiger partial charge is 0.459 e. The van der Waals surface area contributed by atoms with E-state index in [4.69, 9.17) is 10.6 Å². The summed E-state index contributed by atoms with van der Waals surface area (Å²) in [5, 5.41) is 5.94. The first-order valence-electron chi connectivity index (χ1n) is 10.5. The molecule has 0 atom stereocenters. The fourth-order valence-corrected chi connectivity index (χ4v) is 3.39. The fraction of sp³-hybridized carbons (Fsp3) is 0.250. The first-order valence-corrected chi connectivity index (χ1v) is 10.5. The number of rotatable bonds is 6. The standard InChI is InChI=1S/C24H24F3N5O2/c1-4-16-8-6-10-21(30-23(33)32(3)31-28)18(16)14-34-22-12-11-17(13-19(22)24(25,26)27)20-9-5-7-15(2)29-20/h5-13,28H,4,14H2,1-3H3,(H,30,33)/p+1. The van der Waals surface area contributed by atoms with Crippen molar-refractivity contribution >= 4 is 11.7 Å². The second kappa shape index (κ2) is 10.3. The third kappa shape index (κ3) is 5.69. The predicted molar refractivity (Wildman–Crippen MR) is 121 cm³/mol. The van der Waals surface area contributed by atoms with Crippen LogP contribution in [0.2, 0.25) is 0 Å². The summed E-state index contributed by atoms with van der Waals surface area (Å²) in [5.74, 6) is 4.81. The highest BCUT2D eigenvalue weighted by Crippen LogP contribution is 2.39. The van der Waals surface area contributed by atoms with E-state index in [1.807, 2.05) is 13.0 Å². The molecular formula is C24H25F3N5O2+. The van der Waals surface area contributed by atoms with Gasteiger partial charge in [0.25, 0.3) is 0 Å². The number of benzene rings is 2. The molecule has 2 amide bonds. The molecule has 178 valence electrons. The van der Waals surface area contributed by atoms with Crippen molar-refractivity contribution in [3.8, 4) is 17.0 Å². The molecule has 0 unspecified atom stereocenters. The number of urea groups is 1. The van der Waals surface area contributed by atoms with Crippen LogP contribution in [-0.4, -0.2) is 22.8 Å². The molecule has 0 saturated carbocycles. The maximum atomic E-state index is 13.9. The van der Waals surface area contributed by atoms with Gasteiger partial charge in [0.05, 0.1) is 18.3 Å². The normalized spacial score (nSPS) is 11.9. The van der Waals surface area contributed by atoms with Crippen LogP contribution in [0.1, 0.15) is 29.3 Å². The number of pyridine rings is 1. The van der Waals surface area contributed by atoms with E-state index in [1.165, 1.54) is 13.1 Å². The largest absolute Gasteiger partial charge is 0.488 e. The first-order chi connectivity index (χ1) is 16.1. The van der Waals surface area contributed by atoms with Crippen LogP contribution in [0.4, 0.5) is 23.7 Å². The van der Waals surface area contributed by atoms with Crippen LogP contribution < -0.4 is 15.9 Å². The van der Waals surface area contributed by atoms with Gasteiger partial charge in [-0.1, -0.05) is 25.1 Å². The van der Waals surface area contributed by atoms with Gasteiger partial charge in [-0.2, -0.15) is 13.2 Å². The van der Waals surface area contributed by atoms with Crippen LogP contribution >= 0.6 is 0 Å². The number of amides is 2. The Morgan fingerprint density at radius 3 is 2.56 bits per heavy atom. The molecule has 7 nitrogen and oxygen atoms in total. The molecular weight excluding hydrogens is 447 g/mol. The molecule has 2 aromatic carbocycles.